The maximum atomic E-state index is 11.3. The van der Waals surface area contributed by atoms with Crippen LogP contribution in [-0.2, 0) is 0 Å². The number of anilines is 1. The van der Waals surface area contributed by atoms with Crippen molar-refractivity contribution in [1.29, 1.82) is 0 Å². The van der Waals surface area contributed by atoms with E-state index in [0.717, 1.165) is 0 Å². The van der Waals surface area contributed by atoms with Crippen molar-refractivity contribution in [2.24, 2.45) is 5.73 Å². The van der Waals surface area contributed by atoms with Crippen molar-refractivity contribution < 1.29 is 14.3 Å². The van der Waals surface area contributed by atoms with Gasteiger partial charge in [-0.3, -0.25) is 4.79 Å². The highest BCUT2D eigenvalue weighted by Gasteiger charge is 2.13. The lowest BCUT2D eigenvalue weighted by molar-refractivity contribution is 0.0999. The Balaban J connectivity index is 2.44. The minimum atomic E-state index is -0.608. The molecule has 7 nitrogen and oxygen atoms in total. The van der Waals surface area contributed by atoms with Crippen LogP contribution in [0, 0.1) is 6.92 Å². The lowest BCUT2D eigenvalue weighted by atomic mass is 10.2. The minimum absolute atomic E-state index is 0.00900. The number of nitrogen functional groups attached to an aromatic ring is 1. The third kappa shape index (κ3) is 3.32. The Labute approximate surface area is 125 Å². The first-order valence-corrected chi connectivity index (χ1v) is 6.25. The number of hydrogen-bond acceptors (Lipinski definition) is 6. The molecule has 0 atom stereocenters. The van der Waals surface area contributed by atoms with Gasteiger partial charge in [0, 0.05) is 11.6 Å². The van der Waals surface area contributed by atoms with E-state index < -0.39 is 5.91 Å². The molecule has 2 rings (SSSR count). The minimum Gasteiger partial charge on any atom is -0.497 e. The number of hydrogen-bond donors (Lipinski definition) is 2. The molecule has 0 saturated heterocycles. The van der Waals surface area contributed by atoms with Crippen LogP contribution in [0.5, 0.6) is 17.4 Å². The molecule has 0 spiro atoms. The molecule has 0 saturated carbocycles. The summed E-state index contributed by atoms with van der Waals surface area (Å²) in [6, 6.07) is 4.52. The summed E-state index contributed by atoms with van der Waals surface area (Å²) in [4.78, 5) is 19.1. The molecule has 0 unspecified atom stereocenters. The molecule has 4 N–H and O–H groups in total. The van der Waals surface area contributed by atoms with Gasteiger partial charge in [-0.25, -0.2) is 4.98 Å². The molecule has 0 fully saturated rings. The SMILES string of the molecule is COc1cc(Oc2nc(Cl)nc(C)c2N)cc(C(N)=O)c1. The van der Waals surface area contributed by atoms with Crippen LogP contribution in [0.2, 0.25) is 5.28 Å². The van der Waals surface area contributed by atoms with Crippen LogP contribution in [0.4, 0.5) is 5.69 Å². The second kappa shape index (κ2) is 5.84. The van der Waals surface area contributed by atoms with Crippen LogP contribution in [0.3, 0.4) is 0 Å². The molecular weight excluding hydrogens is 296 g/mol. The van der Waals surface area contributed by atoms with E-state index in [-0.39, 0.29) is 22.4 Å². The number of carbonyl (C=O) groups is 1. The third-order valence-corrected chi connectivity index (χ3v) is 2.86. The Hall–Kier alpha value is -2.54. The van der Waals surface area contributed by atoms with Crippen LogP contribution in [0.1, 0.15) is 16.1 Å². The average Bonchev–Trinajstić information content (AvgIpc) is 2.43. The predicted molar refractivity (Wildman–Crippen MR) is 77.8 cm³/mol. The van der Waals surface area contributed by atoms with E-state index in [0.29, 0.717) is 17.2 Å². The molecule has 0 bridgehead atoms. The van der Waals surface area contributed by atoms with E-state index in [1.165, 1.54) is 19.2 Å². The van der Waals surface area contributed by atoms with Crippen molar-refractivity contribution in [3.05, 3.63) is 34.7 Å². The summed E-state index contributed by atoms with van der Waals surface area (Å²) < 4.78 is 10.6. The predicted octanol–water partition coefficient (Wildman–Crippen LogP) is 1.92. The van der Waals surface area contributed by atoms with Gasteiger partial charge in [-0.15, -0.1) is 0 Å². The summed E-state index contributed by atoms with van der Waals surface area (Å²) in [6.45, 7) is 1.68. The number of ether oxygens (including phenoxy) is 2. The Morgan fingerprint density at radius 3 is 2.52 bits per heavy atom. The van der Waals surface area contributed by atoms with Crippen molar-refractivity contribution in [1.82, 2.24) is 9.97 Å². The summed E-state index contributed by atoms with van der Waals surface area (Å²) in [5.41, 5.74) is 12.1. The van der Waals surface area contributed by atoms with Gasteiger partial charge in [0.05, 0.1) is 12.8 Å². The Morgan fingerprint density at radius 1 is 1.24 bits per heavy atom. The van der Waals surface area contributed by atoms with Crippen LogP contribution < -0.4 is 20.9 Å². The van der Waals surface area contributed by atoms with Crippen molar-refractivity contribution >= 4 is 23.2 Å². The number of aryl methyl sites for hydroxylation is 1. The zero-order valence-electron chi connectivity index (χ0n) is 11.4. The van der Waals surface area contributed by atoms with Gasteiger partial charge in [-0.1, -0.05) is 0 Å². The molecule has 110 valence electrons. The summed E-state index contributed by atoms with van der Waals surface area (Å²) in [6.07, 6.45) is 0. The largest absolute Gasteiger partial charge is 0.497 e. The second-order valence-corrected chi connectivity index (χ2v) is 4.50. The fourth-order valence-corrected chi connectivity index (χ4v) is 1.81. The van der Waals surface area contributed by atoms with E-state index in [2.05, 4.69) is 9.97 Å². The molecular formula is C13H13ClN4O3. The first kappa shape index (κ1) is 14.9. The normalized spacial score (nSPS) is 10.2. The van der Waals surface area contributed by atoms with E-state index in [1.54, 1.807) is 13.0 Å². The molecule has 1 aromatic carbocycles. The van der Waals surface area contributed by atoms with Gasteiger partial charge in [0.2, 0.25) is 17.1 Å². The van der Waals surface area contributed by atoms with Gasteiger partial charge >= 0.3 is 0 Å². The number of carbonyl (C=O) groups excluding carboxylic acids is 1. The van der Waals surface area contributed by atoms with Gasteiger partial charge in [0.1, 0.15) is 17.2 Å². The quantitative estimate of drug-likeness (QED) is 0.834. The summed E-state index contributed by atoms with van der Waals surface area (Å²) in [7, 11) is 1.46. The molecule has 0 aliphatic carbocycles. The lowest BCUT2D eigenvalue weighted by Crippen LogP contribution is -2.11. The van der Waals surface area contributed by atoms with Gasteiger partial charge in [0.25, 0.3) is 0 Å². The van der Waals surface area contributed by atoms with Crippen molar-refractivity contribution in [3.63, 3.8) is 0 Å². The van der Waals surface area contributed by atoms with Crippen molar-refractivity contribution in [2.75, 3.05) is 12.8 Å². The number of nitrogens with zero attached hydrogens (tertiary/aromatic N) is 2. The molecule has 0 radical (unpaired) electrons. The highest BCUT2D eigenvalue weighted by atomic mass is 35.5. The van der Waals surface area contributed by atoms with E-state index in [9.17, 15) is 4.79 Å². The summed E-state index contributed by atoms with van der Waals surface area (Å²) >= 11 is 5.77. The van der Waals surface area contributed by atoms with Gasteiger partial charge in [0.15, 0.2) is 0 Å². The second-order valence-electron chi connectivity index (χ2n) is 4.16. The number of halogens is 1. The fraction of sp³-hybridized carbons (Fsp3) is 0.154. The summed E-state index contributed by atoms with van der Waals surface area (Å²) in [5, 5.41) is 0.00900. The average molecular weight is 309 g/mol. The number of rotatable bonds is 4. The van der Waals surface area contributed by atoms with Crippen LogP contribution in [0.25, 0.3) is 0 Å². The molecule has 8 heteroatoms. The zero-order valence-corrected chi connectivity index (χ0v) is 12.1. The number of nitrogens with two attached hydrogens (primary N) is 2. The van der Waals surface area contributed by atoms with Gasteiger partial charge < -0.3 is 20.9 Å². The zero-order chi connectivity index (χ0) is 15.6. The highest BCUT2D eigenvalue weighted by Crippen LogP contribution is 2.31. The molecule has 1 aromatic heterocycles. The van der Waals surface area contributed by atoms with E-state index >= 15 is 0 Å². The molecule has 0 aliphatic rings. The lowest BCUT2D eigenvalue weighted by Gasteiger charge is -2.11. The first-order valence-electron chi connectivity index (χ1n) is 5.87. The number of methoxy groups -OCH3 is 1. The van der Waals surface area contributed by atoms with Crippen LogP contribution >= 0.6 is 11.6 Å². The third-order valence-electron chi connectivity index (χ3n) is 2.69. The Bertz CT molecular complexity index is 706. The number of benzene rings is 1. The molecule has 2 aromatic rings. The number of amides is 1. The Kier molecular flexibility index (Phi) is 4.13. The Morgan fingerprint density at radius 2 is 1.90 bits per heavy atom. The molecule has 1 amide bonds. The molecule has 21 heavy (non-hydrogen) atoms. The fourth-order valence-electron chi connectivity index (χ4n) is 1.60. The number of primary amides is 1. The van der Waals surface area contributed by atoms with Crippen LogP contribution in [-0.4, -0.2) is 23.0 Å². The maximum Gasteiger partial charge on any atom is 0.248 e. The van der Waals surface area contributed by atoms with Crippen molar-refractivity contribution in [2.45, 2.75) is 6.92 Å². The molecule has 1 heterocycles. The standard InChI is InChI=1S/C13H13ClN4O3/c1-6-10(15)12(18-13(14)17-6)21-9-4-7(11(16)19)3-8(5-9)20-2/h3-5H,15H2,1-2H3,(H2,16,19). The smallest absolute Gasteiger partial charge is 0.248 e. The van der Waals surface area contributed by atoms with Gasteiger partial charge in [-0.2, -0.15) is 4.98 Å². The highest BCUT2D eigenvalue weighted by molar-refractivity contribution is 6.28. The van der Waals surface area contributed by atoms with E-state index in [4.69, 9.17) is 32.5 Å². The van der Waals surface area contributed by atoms with Gasteiger partial charge in [-0.05, 0) is 30.7 Å². The summed E-state index contributed by atoms with van der Waals surface area (Å²) in [5.74, 6) is 0.195. The first-order chi connectivity index (χ1) is 9.90. The van der Waals surface area contributed by atoms with Crippen molar-refractivity contribution in [3.8, 4) is 17.4 Å². The topological polar surface area (TPSA) is 113 Å². The monoisotopic (exact) mass is 308 g/mol. The maximum absolute atomic E-state index is 11.3. The van der Waals surface area contributed by atoms with E-state index in [1.807, 2.05) is 0 Å². The van der Waals surface area contributed by atoms with Crippen LogP contribution in [0.15, 0.2) is 18.2 Å². The molecule has 0 aliphatic heterocycles. The number of aromatic nitrogens is 2.